The number of unbranched alkanes of at least 4 members (excludes halogenated alkanes) is 2. The summed E-state index contributed by atoms with van der Waals surface area (Å²) in [6.07, 6.45) is 28.6. The zero-order valence-corrected chi connectivity index (χ0v) is 37.9. The molecular formula is C49H56N2O10S2. The molecule has 0 fully saturated rings. The summed E-state index contributed by atoms with van der Waals surface area (Å²) in [7, 11) is -8.89. The van der Waals surface area contributed by atoms with E-state index in [4.69, 9.17) is 4.84 Å². The van der Waals surface area contributed by atoms with E-state index in [9.17, 15) is 40.9 Å². The van der Waals surface area contributed by atoms with Crippen LogP contribution in [0.4, 0.5) is 5.69 Å². The van der Waals surface area contributed by atoms with Crippen LogP contribution in [0.5, 0.6) is 11.8 Å². The summed E-state index contributed by atoms with van der Waals surface area (Å²) < 4.78 is 69.5. The van der Waals surface area contributed by atoms with Crippen molar-refractivity contribution in [1.29, 1.82) is 0 Å². The standard InChI is InChI=1S/C49H56N2O10S2/c1-34-38(21-17-20-35-18-11-7-6-8-12-19-35)39-27-25-36(62(55,56)57)32-41(39)48(2,3)40(34)22-13-9-14-23-44-49(4,5)42-33-37(63(58,59)60)26-28-43(42)50(44)31-16-10-15-24-47(54)61-51-45(52)29-30-46(51)53/h6-9,11-14,18-19,22-23,25-30,32-33,38,52-53H,10,15-17,20-21,24,31H2,1-5H3,(H,55,56,57)(H,58,59,60). The monoisotopic (exact) mass is 896 g/mol. The molecule has 3 aromatic rings. The number of hydrogen-bond donors (Lipinski definition) is 4. The minimum atomic E-state index is -4.46. The van der Waals surface area contributed by atoms with Gasteiger partial charge in [0, 0.05) is 53.2 Å². The summed E-state index contributed by atoms with van der Waals surface area (Å²) in [4.78, 5) is 19.2. The van der Waals surface area contributed by atoms with Crippen LogP contribution in [0.1, 0.15) is 102 Å². The van der Waals surface area contributed by atoms with E-state index in [1.165, 1.54) is 41.5 Å². The van der Waals surface area contributed by atoms with Crippen LogP contribution in [0.2, 0.25) is 0 Å². The van der Waals surface area contributed by atoms with Gasteiger partial charge in [-0.05, 0) is 103 Å². The Kier molecular flexibility index (Phi) is 14.1. The van der Waals surface area contributed by atoms with Gasteiger partial charge >= 0.3 is 5.97 Å². The van der Waals surface area contributed by atoms with Gasteiger partial charge in [-0.2, -0.15) is 16.8 Å². The maximum atomic E-state index is 12.4. The lowest BCUT2D eigenvalue weighted by Crippen LogP contribution is -2.29. The Morgan fingerprint density at radius 2 is 1.41 bits per heavy atom. The van der Waals surface area contributed by atoms with Crippen LogP contribution in [-0.4, -0.2) is 53.4 Å². The number of carbonyl (C=O) groups excluding carboxylic acids is 1. The third-order valence-electron chi connectivity index (χ3n) is 12.2. The number of nitrogens with zero attached hydrogens (tertiary/aromatic N) is 2. The molecule has 63 heavy (non-hydrogen) atoms. The zero-order valence-electron chi connectivity index (χ0n) is 36.2. The SMILES string of the molecule is CC1=C(C=CC=CC=C2N(CCCCCC(=O)On3c(O)ccc3O)c3ccc(S(=O)(=O)O)cc3C2(C)C)C(C)(C)c2cc(S(=O)(=O)O)ccc2C1CCCC1=CC=CC=CC=C1. The molecule has 0 spiro atoms. The molecule has 4 N–H and O–H groups in total. The summed E-state index contributed by atoms with van der Waals surface area (Å²) in [6, 6.07) is 11.9. The van der Waals surface area contributed by atoms with Crippen molar-refractivity contribution in [3.63, 3.8) is 0 Å². The van der Waals surface area contributed by atoms with Crippen molar-refractivity contribution in [2.75, 3.05) is 11.4 Å². The first kappa shape index (κ1) is 46.8. The van der Waals surface area contributed by atoms with Crippen molar-refractivity contribution in [2.45, 2.75) is 106 Å². The first-order valence-electron chi connectivity index (χ1n) is 21.0. The summed E-state index contributed by atoms with van der Waals surface area (Å²) in [5.74, 6) is -1.38. The molecular weight excluding hydrogens is 841 g/mol. The van der Waals surface area contributed by atoms with Crippen molar-refractivity contribution in [3.8, 4) is 11.8 Å². The number of allylic oxidation sites excluding steroid dienone is 16. The number of rotatable bonds is 16. The fourth-order valence-corrected chi connectivity index (χ4v) is 9.89. The first-order chi connectivity index (χ1) is 29.7. The zero-order chi connectivity index (χ0) is 45.7. The van der Waals surface area contributed by atoms with Crippen LogP contribution in [0.15, 0.2) is 154 Å². The fraction of sp³-hybridized carbons (Fsp3) is 0.327. The van der Waals surface area contributed by atoms with Gasteiger partial charge in [0.25, 0.3) is 20.2 Å². The number of fused-ring (bicyclic) bond motifs is 2. The molecule has 334 valence electrons. The van der Waals surface area contributed by atoms with E-state index in [1.54, 1.807) is 12.1 Å². The predicted molar refractivity (Wildman–Crippen MR) is 245 cm³/mol. The van der Waals surface area contributed by atoms with E-state index < -0.39 is 48.8 Å². The Morgan fingerprint density at radius 3 is 2.11 bits per heavy atom. The average molecular weight is 897 g/mol. The van der Waals surface area contributed by atoms with Crippen LogP contribution in [0.25, 0.3) is 0 Å². The van der Waals surface area contributed by atoms with Crippen molar-refractivity contribution in [2.24, 2.45) is 0 Å². The topological polar surface area (TPSA) is 184 Å². The Bertz CT molecular complexity index is 2710. The molecule has 12 nitrogen and oxygen atoms in total. The molecule has 1 atom stereocenters. The molecule has 1 aromatic heterocycles. The van der Waals surface area contributed by atoms with Crippen molar-refractivity contribution in [3.05, 3.63) is 161 Å². The van der Waals surface area contributed by atoms with Gasteiger partial charge in [-0.1, -0.05) is 113 Å². The summed E-state index contributed by atoms with van der Waals surface area (Å²) in [6.45, 7) is 10.8. The molecule has 14 heteroatoms. The molecule has 2 aliphatic carbocycles. The molecule has 3 aliphatic rings. The molecule has 1 unspecified atom stereocenters. The average Bonchev–Trinajstić information content (AvgIpc) is 3.62. The smallest absolute Gasteiger partial charge is 0.333 e. The first-order valence-corrected chi connectivity index (χ1v) is 23.9. The van der Waals surface area contributed by atoms with E-state index in [1.807, 2.05) is 74.6 Å². The molecule has 0 saturated carbocycles. The van der Waals surface area contributed by atoms with Gasteiger partial charge in [0.15, 0.2) is 0 Å². The molecule has 6 rings (SSSR count). The second-order valence-corrected chi connectivity index (χ2v) is 19.9. The predicted octanol–water partition coefficient (Wildman–Crippen LogP) is 9.87. The highest BCUT2D eigenvalue weighted by molar-refractivity contribution is 7.86. The van der Waals surface area contributed by atoms with Gasteiger partial charge in [-0.25, -0.2) is 4.79 Å². The number of aromatic hydroxyl groups is 2. The van der Waals surface area contributed by atoms with E-state index in [0.717, 1.165) is 52.9 Å². The van der Waals surface area contributed by atoms with Crippen LogP contribution in [0.3, 0.4) is 0 Å². The summed E-state index contributed by atoms with van der Waals surface area (Å²) >= 11 is 0. The molecule has 0 bridgehead atoms. The molecule has 0 radical (unpaired) electrons. The van der Waals surface area contributed by atoms with E-state index in [2.05, 4.69) is 43.9 Å². The Balaban J connectivity index is 1.24. The highest BCUT2D eigenvalue weighted by atomic mass is 32.2. The number of anilines is 1. The van der Waals surface area contributed by atoms with Crippen LogP contribution in [-0.2, 0) is 35.9 Å². The van der Waals surface area contributed by atoms with Gasteiger partial charge in [0.1, 0.15) is 0 Å². The molecule has 2 aromatic carbocycles. The van der Waals surface area contributed by atoms with Gasteiger partial charge in [0.05, 0.1) is 9.79 Å². The highest BCUT2D eigenvalue weighted by Crippen LogP contribution is 2.50. The largest absolute Gasteiger partial charge is 0.492 e. The second kappa shape index (κ2) is 19.0. The lowest BCUT2D eigenvalue weighted by Gasteiger charge is -2.40. The highest BCUT2D eigenvalue weighted by Gasteiger charge is 2.41. The Morgan fingerprint density at radius 1 is 0.762 bits per heavy atom. The van der Waals surface area contributed by atoms with Gasteiger partial charge in [-0.15, -0.1) is 4.73 Å². The maximum absolute atomic E-state index is 12.4. The van der Waals surface area contributed by atoms with Gasteiger partial charge < -0.3 is 20.0 Å². The Hall–Kier alpha value is -5.67. The summed E-state index contributed by atoms with van der Waals surface area (Å²) in [5, 5.41) is 19.6. The van der Waals surface area contributed by atoms with Gasteiger partial charge in [-0.3, -0.25) is 9.11 Å². The lowest BCUT2D eigenvalue weighted by molar-refractivity contribution is -0.145. The van der Waals surface area contributed by atoms with Crippen LogP contribution >= 0.6 is 0 Å². The van der Waals surface area contributed by atoms with Crippen molar-refractivity contribution >= 4 is 31.9 Å². The quantitative estimate of drug-likeness (QED) is 0.0610. The summed E-state index contributed by atoms with van der Waals surface area (Å²) in [5.41, 5.74) is 6.51. The van der Waals surface area contributed by atoms with Crippen molar-refractivity contribution in [1.82, 2.24) is 4.73 Å². The minimum Gasteiger partial charge on any atom is -0.492 e. The number of aromatic nitrogens is 1. The second-order valence-electron chi connectivity index (χ2n) is 17.1. The minimum absolute atomic E-state index is 0.0218. The van der Waals surface area contributed by atoms with E-state index in [0.29, 0.717) is 30.5 Å². The number of carbonyl (C=O) groups is 1. The maximum Gasteiger partial charge on any atom is 0.333 e. The normalized spacial score (nSPS) is 18.8. The fourth-order valence-electron chi connectivity index (χ4n) is 8.87. The lowest BCUT2D eigenvalue weighted by atomic mass is 9.64. The van der Waals surface area contributed by atoms with Crippen LogP contribution < -0.4 is 9.74 Å². The molecule has 2 heterocycles. The third-order valence-corrected chi connectivity index (χ3v) is 13.9. The number of hydrogen-bond acceptors (Lipinski definition) is 9. The third kappa shape index (κ3) is 10.6. The van der Waals surface area contributed by atoms with E-state index >= 15 is 0 Å². The molecule has 0 saturated heterocycles. The molecule has 1 aliphatic heterocycles. The van der Waals surface area contributed by atoms with Gasteiger partial charge in [0.2, 0.25) is 11.8 Å². The van der Waals surface area contributed by atoms with Crippen LogP contribution in [0, 0.1) is 0 Å². The van der Waals surface area contributed by atoms with E-state index in [-0.39, 0.29) is 22.1 Å². The molecule has 0 amide bonds. The van der Waals surface area contributed by atoms with Crippen molar-refractivity contribution < 1.29 is 45.8 Å². The Labute approximate surface area is 370 Å². The number of benzene rings is 2.